The molecule has 0 amide bonds. The number of anilines is 1. The van der Waals surface area contributed by atoms with Crippen LogP contribution in [-0.4, -0.2) is 37.4 Å². The minimum Gasteiger partial charge on any atom is -0.481 e. The number of carboxylic acid groups (broad SMARTS) is 1. The molecule has 0 aliphatic heterocycles. The molecule has 7 nitrogen and oxygen atoms in total. The number of hydrogen-bond donors (Lipinski definition) is 2. The molecule has 0 spiro atoms. The van der Waals surface area contributed by atoms with Crippen LogP contribution < -0.4 is 5.32 Å². The number of carbonyl (C=O) groups is 1. The van der Waals surface area contributed by atoms with Gasteiger partial charge in [0, 0.05) is 20.0 Å². The Kier molecular flexibility index (Phi) is 5.08. The quantitative estimate of drug-likeness (QED) is 0.773. The van der Waals surface area contributed by atoms with Crippen LogP contribution in [0.25, 0.3) is 11.0 Å². The lowest BCUT2D eigenvalue weighted by molar-refractivity contribution is -0.137. The summed E-state index contributed by atoms with van der Waals surface area (Å²) in [6.45, 7) is 2.86. The molecular weight excluding hydrogens is 270 g/mol. The van der Waals surface area contributed by atoms with Crippen LogP contribution in [0.4, 0.5) is 5.82 Å². The number of rotatable bonds is 8. The van der Waals surface area contributed by atoms with E-state index in [0.29, 0.717) is 5.92 Å². The minimum absolute atomic E-state index is 0.235. The topological polar surface area (TPSA) is 92.9 Å². The highest BCUT2D eigenvalue weighted by Gasteiger charge is 2.10. The molecule has 2 N–H and O–H groups in total. The van der Waals surface area contributed by atoms with Gasteiger partial charge in [0.15, 0.2) is 5.65 Å². The van der Waals surface area contributed by atoms with E-state index in [-0.39, 0.29) is 6.42 Å². The summed E-state index contributed by atoms with van der Waals surface area (Å²) in [5.41, 5.74) is 0.797. The summed E-state index contributed by atoms with van der Waals surface area (Å²) in [4.78, 5) is 19.1. The number of aryl methyl sites for hydroxylation is 1. The molecule has 2 rings (SSSR count). The second-order valence-electron chi connectivity index (χ2n) is 5.15. The molecule has 0 aliphatic carbocycles. The van der Waals surface area contributed by atoms with E-state index in [4.69, 9.17) is 5.11 Å². The molecule has 0 aliphatic rings. The molecule has 2 aromatic heterocycles. The van der Waals surface area contributed by atoms with Crippen molar-refractivity contribution in [2.45, 2.75) is 32.6 Å². The first-order valence-corrected chi connectivity index (χ1v) is 7.20. The number of aromatic nitrogens is 4. The van der Waals surface area contributed by atoms with Gasteiger partial charge in [-0.25, -0.2) is 9.97 Å². The summed E-state index contributed by atoms with van der Waals surface area (Å²) in [6, 6.07) is 0. The molecule has 2 aromatic rings. The molecule has 0 fully saturated rings. The Morgan fingerprint density at radius 1 is 1.43 bits per heavy atom. The van der Waals surface area contributed by atoms with Crippen molar-refractivity contribution in [1.29, 1.82) is 0 Å². The molecule has 0 radical (unpaired) electrons. The number of carboxylic acids is 1. The summed E-state index contributed by atoms with van der Waals surface area (Å²) >= 11 is 0. The van der Waals surface area contributed by atoms with Crippen LogP contribution in [0.1, 0.15) is 32.6 Å². The monoisotopic (exact) mass is 291 g/mol. The van der Waals surface area contributed by atoms with Crippen LogP contribution in [0.2, 0.25) is 0 Å². The minimum atomic E-state index is -0.728. The molecule has 0 aromatic carbocycles. The molecule has 2 heterocycles. The zero-order valence-electron chi connectivity index (χ0n) is 12.4. The van der Waals surface area contributed by atoms with E-state index in [1.165, 1.54) is 6.33 Å². The second-order valence-corrected chi connectivity index (χ2v) is 5.15. The first-order chi connectivity index (χ1) is 10.1. The molecule has 0 saturated carbocycles. The van der Waals surface area contributed by atoms with Gasteiger partial charge in [0.05, 0.1) is 11.6 Å². The zero-order valence-corrected chi connectivity index (χ0v) is 12.4. The lowest BCUT2D eigenvalue weighted by Gasteiger charge is -2.14. The summed E-state index contributed by atoms with van der Waals surface area (Å²) in [5.74, 6) is 0.468. The van der Waals surface area contributed by atoms with Gasteiger partial charge in [-0.05, 0) is 18.8 Å². The van der Waals surface area contributed by atoms with Crippen LogP contribution in [0.5, 0.6) is 0 Å². The van der Waals surface area contributed by atoms with Crippen molar-refractivity contribution in [2.75, 3.05) is 11.9 Å². The van der Waals surface area contributed by atoms with Crippen molar-refractivity contribution in [3.63, 3.8) is 0 Å². The van der Waals surface area contributed by atoms with Crippen LogP contribution in [-0.2, 0) is 11.8 Å². The van der Waals surface area contributed by atoms with E-state index in [2.05, 4.69) is 27.3 Å². The van der Waals surface area contributed by atoms with E-state index in [0.717, 1.165) is 42.7 Å². The predicted octanol–water partition coefficient (Wildman–Crippen LogP) is 2.06. The van der Waals surface area contributed by atoms with Gasteiger partial charge >= 0.3 is 5.97 Å². The van der Waals surface area contributed by atoms with Gasteiger partial charge in [0.1, 0.15) is 12.1 Å². The van der Waals surface area contributed by atoms with Gasteiger partial charge < -0.3 is 10.4 Å². The van der Waals surface area contributed by atoms with Gasteiger partial charge in [-0.3, -0.25) is 9.48 Å². The highest BCUT2D eigenvalue weighted by Crippen LogP contribution is 2.19. The van der Waals surface area contributed by atoms with Crippen molar-refractivity contribution >= 4 is 22.8 Å². The van der Waals surface area contributed by atoms with Crippen LogP contribution in [0.15, 0.2) is 12.5 Å². The second kappa shape index (κ2) is 7.01. The average molecular weight is 291 g/mol. The smallest absolute Gasteiger partial charge is 0.303 e. The van der Waals surface area contributed by atoms with Crippen molar-refractivity contribution in [2.24, 2.45) is 13.0 Å². The summed E-state index contributed by atoms with van der Waals surface area (Å²) in [5, 5.41) is 17.1. The van der Waals surface area contributed by atoms with E-state index in [1.807, 2.05) is 7.05 Å². The van der Waals surface area contributed by atoms with Crippen LogP contribution >= 0.6 is 0 Å². The molecule has 21 heavy (non-hydrogen) atoms. The molecule has 1 atom stereocenters. The first-order valence-electron chi connectivity index (χ1n) is 7.20. The van der Waals surface area contributed by atoms with Gasteiger partial charge in [-0.2, -0.15) is 5.10 Å². The lowest BCUT2D eigenvalue weighted by Crippen LogP contribution is -2.11. The Bertz CT molecular complexity index is 610. The molecule has 0 saturated heterocycles. The van der Waals surface area contributed by atoms with Crippen molar-refractivity contribution < 1.29 is 9.90 Å². The first kappa shape index (κ1) is 15.2. The van der Waals surface area contributed by atoms with Crippen molar-refractivity contribution in [3.8, 4) is 0 Å². The normalized spacial score (nSPS) is 12.5. The zero-order chi connectivity index (χ0) is 15.2. The molecule has 0 bridgehead atoms. The summed E-state index contributed by atoms with van der Waals surface area (Å²) in [6.07, 6.45) is 6.14. The third kappa shape index (κ3) is 3.90. The fourth-order valence-electron chi connectivity index (χ4n) is 2.38. The van der Waals surface area contributed by atoms with Crippen molar-refractivity contribution in [1.82, 2.24) is 19.7 Å². The SMILES string of the molecule is CCC(CCNc1ncnc2c1cnn2C)CCC(=O)O. The maximum absolute atomic E-state index is 10.6. The Morgan fingerprint density at radius 2 is 2.24 bits per heavy atom. The lowest BCUT2D eigenvalue weighted by atomic mass is 9.97. The van der Waals surface area contributed by atoms with Crippen LogP contribution in [0.3, 0.4) is 0 Å². The highest BCUT2D eigenvalue weighted by atomic mass is 16.4. The Morgan fingerprint density at radius 3 is 2.95 bits per heavy atom. The van der Waals surface area contributed by atoms with Gasteiger partial charge in [0.25, 0.3) is 0 Å². The third-order valence-corrected chi connectivity index (χ3v) is 3.72. The molecular formula is C14H21N5O2. The van der Waals surface area contributed by atoms with Gasteiger partial charge in [-0.15, -0.1) is 0 Å². The summed E-state index contributed by atoms with van der Waals surface area (Å²) in [7, 11) is 1.85. The van der Waals surface area contributed by atoms with E-state index >= 15 is 0 Å². The third-order valence-electron chi connectivity index (χ3n) is 3.72. The summed E-state index contributed by atoms with van der Waals surface area (Å²) < 4.78 is 1.71. The molecule has 1 unspecified atom stereocenters. The fourth-order valence-corrected chi connectivity index (χ4v) is 2.38. The largest absolute Gasteiger partial charge is 0.481 e. The number of aliphatic carboxylic acids is 1. The van der Waals surface area contributed by atoms with E-state index in [1.54, 1.807) is 10.9 Å². The highest BCUT2D eigenvalue weighted by molar-refractivity contribution is 5.85. The van der Waals surface area contributed by atoms with Gasteiger partial charge in [0.2, 0.25) is 0 Å². The molecule has 7 heteroatoms. The molecule has 114 valence electrons. The fraction of sp³-hybridized carbons (Fsp3) is 0.571. The number of nitrogens with one attached hydrogen (secondary N) is 1. The number of fused-ring (bicyclic) bond motifs is 1. The van der Waals surface area contributed by atoms with Crippen molar-refractivity contribution in [3.05, 3.63) is 12.5 Å². The maximum atomic E-state index is 10.6. The number of nitrogens with zero attached hydrogens (tertiary/aromatic N) is 4. The maximum Gasteiger partial charge on any atom is 0.303 e. The Hall–Kier alpha value is -2.18. The average Bonchev–Trinajstić information content (AvgIpc) is 2.85. The Balaban J connectivity index is 1.91. The number of hydrogen-bond acceptors (Lipinski definition) is 5. The Labute approximate surface area is 123 Å². The standard InChI is InChI=1S/C14H21N5O2/c1-3-10(4-5-12(20)21)6-7-15-13-11-8-18-19(2)14(11)17-9-16-13/h8-10H,3-7H2,1-2H3,(H,20,21)(H,15,16,17). The van der Waals surface area contributed by atoms with Crippen LogP contribution in [0, 0.1) is 5.92 Å². The van der Waals surface area contributed by atoms with Gasteiger partial charge in [-0.1, -0.05) is 13.3 Å². The predicted molar refractivity (Wildman–Crippen MR) is 80.1 cm³/mol. The van der Waals surface area contributed by atoms with E-state index < -0.39 is 5.97 Å². The van der Waals surface area contributed by atoms with E-state index in [9.17, 15) is 4.79 Å².